The molecule has 3 rings (SSSR count). The van der Waals surface area contributed by atoms with Gasteiger partial charge >= 0.3 is 5.69 Å². The number of aryl methyl sites for hydroxylation is 2. The molecule has 0 atom stereocenters. The number of anilines is 1. The molecule has 1 aromatic heterocycles. The van der Waals surface area contributed by atoms with Crippen LogP contribution in [0.25, 0.3) is 5.69 Å². The van der Waals surface area contributed by atoms with Crippen molar-refractivity contribution in [1.29, 1.82) is 0 Å². The van der Waals surface area contributed by atoms with Crippen LogP contribution < -0.4 is 21.4 Å². The van der Waals surface area contributed by atoms with Crippen LogP contribution in [0, 0.1) is 13.8 Å². The molecule has 2 aromatic carbocycles. The largest absolute Gasteiger partial charge is 0.497 e. The van der Waals surface area contributed by atoms with Crippen molar-refractivity contribution in [2.45, 2.75) is 13.8 Å². The molecule has 0 aliphatic heterocycles. The van der Waals surface area contributed by atoms with E-state index in [-0.39, 0.29) is 5.56 Å². The summed E-state index contributed by atoms with van der Waals surface area (Å²) in [7, 11) is 1.57. The van der Waals surface area contributed by atoms with Crippen LogP contribution in [0.15, 0.2) is 57.2 Å². The molecule has 8 nitrogen and oxygen atoms in total. The molecule has 0 aliphatic carbocycles. The fraction of sp³-hybridized carbons (Fsp3) is 0.150. The minimum atomic E-state index is -0.733. The molecule has 8 heteroatoms. The molecule has 0 fully saturated rings. The first-order valence-corrected chi connectivity index (χ1v) is 8.49. The molecule has 144 valence electrons. The zero-order chi connectivity index (χ0) is 20.3. The number of hydrogen-bond acceptors (Lipinski definition) is 6. The van der Waals surface area contributed by atoms with Crippen molar-refractivity contribution in [1.82, 2.24) is 9.55 Å². The first-order valence-electron chi connectivity index (χ1n) is 8.49. The van der Waals surface area contributed by atoms with Gasteiger partial charge in [-0.2, -0.15) is 5.10 Å². The van der Waals surface area contributed by atoms with Crippen molar-refractivity contribution in [2.75, 3.05) is 12.5 Å². The molecule has 0 saturated heterocycles. The lowest BCUT2D eigenvalue weighted by molar-refractivity contribution is 0.415. The molecule has 0 unspecified atom stereocenters. The second kappa shape index (κ2) is 7.83. The first-order chi connectivity index (χ1) is 13.4. The lowest BCUT2D eigenvalue weighted by atomic mass is 10.1. The van der Waals surface area contributed by atoms with Crippen molar-refractivity contribution in [2.24, 2.45) is 5.10 Å². The van der Waals surface area contributed by atoms with Gasteiger partial charge in [-0.1, -0.05) is 6.07 Å². The molecule has 0 spiro atoms. The standard InChI is InChI=1S/C20H20N4O4/c1-12-4-7-15(10-13(12)2)24-19(26)17(18(25)22-20(24)27)11-21-23-14-5-8-16(28-3)9-6-14/h4-11,23,26H,1-3H3,(H,22,25,27)/b21-11+. The summed E-state index contributed by atoms with van der Waals surface area (Å²) in [6.45, 7) is 3.84. The maximum absolute atomic E-state index is 12.2. The number of H-pyrrole nitrogens is 1. The molecule has 0 saturated carbocycles. The van der Waals surface area contributed by atoms with E-state index in [1.54, 1.807) is 43.5 Å². The quantitative estimate of drug-likeness (QED) is 0.465. The van der Waals surface area contributed by atoms with Gasteiger partial charge in [-0.15, -0.1) is 0 Å². The summed E-state index contributed by atoms with van der Waals surface area (Å²) in [5, 5.41) is 14.5. The normalized spacial score (nSPS) is 11.0. The Labute approximate surface area is 160 Å². The minimum absolute atomic E-state index is 0.140. The Bertz CT molecular complexity index is 1140. The van der Waals surface area contributed by atoms with Crippen LogP contribution in [0.1, 0.15) is 16.7 Å². The third-order valence-corrected chi connectivity index (χ3v) is 4.35. The van der Waals surface area contributed by atoms with Crippen LogP contribution in [0.2, 0.25) is 0 Å². The predicted octanol–water partition coefficient (Wildman–Crippen LogP) is 2.30. The summed E-state index contributed by atoms with van der Waals surface area (Å²) < 4.78 is 6.11. The number of methoxy groups -OCH3 is 1. The highest BCUT2D eigenvalue weighted by atomic mass is 16.5. The molecule has 3 N–H and O–H groups in total. The van der Waals surface area contributed by atoms with Gasteiger partial charge in [0.1, 0.15) is 11.3 Å². The van der Waals surface area contributed by atoms with Gasteiger partial charge in [-0.3, -0.25) is 15.2 Å². The number of aromatic hydroxyl groups is 1. The van der Waals surface area contributed by atoms with E-state index in [2.05, 4.69) is 15.5 Å². The molecule has 0 amide bonds. The number of hydrazone groups is 1. The van der Waals surface area contributed by atoms with Gasteiger partial charge in [0.15, 0.2) is 0 Å². The monoisotopic (exact) mass is 380 g/mol. The van der Waals surface area contributed by atoms with Gasteiger partial charge in [0.05, 0.1) is 24.7 Å². The first kappa shape index (κ1) is 19.0. The number of benzene rings is 2. The topological polar surface area (TPSA) is 109 Å². The number of rotatable bonds is 5. The van der Waals surface area contributed by atoms with E-state index in [4.69, 9.17) is 4.74 Å². The van der Waals surface area contributed by atoms with E-state index in [9.17, 15) is 14.7 Å². The third kappa shape index (κ3) is 3.80. The van der Waals surface area contributed by atoms with Gasteiger partial charge < -0.3 is 9.84 Å². The lowest BCUT2D eigenvalue weighted by Gasteiger charge is -2.11. The van der Waals surface area contributed by atoms with Gasteiger partial charge in [0.25, 0.3) is 5.56 Å². The lowest BCUT2D eigenvalue weighted by Crippen LogP contribution is -2.31. The van der Waals surface area contributed by atoms with Gasteiger partial charge in [-0.05, 0) is 61.4 Å². The van der Waals surface area contributed by atoms with Crippen LogP contribution in [-0.4, -0.2) is 28.0 Å². The number of ether oxygens (including phenoxy) is 1. The average molecular weight is 380 g/mol. The molecular formula is C20H20N4O4. The minimum Gasteiger partial charge on any atom is -0.497 e. The van der Waals surface area contributed by atoms with Crippen molar-refractivity contribution >= 4 is 11.9 Å². The van der Waals surface area contributed by atoms with E-state index in [1.807, 2.05) is 19.9 Å². The highest BCUT2D eigenvalue weighted by Crippen LogP contribution is 2.18. The van der Waals surface area contributed by atoms with Gasteiger partial charge in [-0.25, -0.2) is 9.36 Å². The Morgan fingerprint density at radius 2 is 1.82 bits per heavy atom. The number of nitrogens with one attached hydrogen (secondary N) is 2. The van der Waals surface area contributed by atoms with Crippen molar-refractivity contribution in [3.05, 3.63) is 80.0 Å². The number of aromatic nitrogens is 2. The summed E-state index contributed by atoms with van der Waals surface area (Å²) in [6.07, 6.45) is 1.16. The molecule has 3 aromatic rings. The zero-order valence-corrected chi connectivity index (χ0v) is 15.7. The van der Waals surface area contributed by atoms with Crippen molar-refractivity contribution in [3.8, 4) is 17.3 Å². The van der Waals surface area contributed by atoms with Crippen LogP contribution in [0.4, 0.5) is 5.69 Å². The van der Waals surface area contributed by atoms with Crippen LogP contribution in [-0.2, 0) is 0 Å². The van der Waals surface area contributed by atoms with Gasteiger partial charge in [0.2, 0.25) is 5.88 Å². The van der Waals surface area contributed by atoms with Crippen LogP contribution >= 0.6 is 0 Å². The molecular weight excluding hydrogens is 360 g/mol. The van der Waals surface area contributed by atoms with Crippen molar-refractivity contribution in [3.63, 3.8) is 0 Å². The zero-order valence-electron chi connectivity index (χ0n) is 15.7. The number of hydrogen-bond donors (Lipinski definition) is 3. The maximum atomic E-state index is 12.2. The highest BCUT2D eigenvalue weighted by Gasteiger charge is 2.14. The number of nitrogens with zero attached hydrogens (tertiary/aromatic N) is 2. The molecule has 0 bridgehead atoms. The second-order valence-corrected chi connectivity index (χ2v) is 6.20. The smallest absolute Gasteiger partial charge is 0.335 e. The maximum Gasteiger partial charge on any atom is 0.335 e. The Morgan fingerprint density at radius 3 is 2.46 bits per heavy atom. The SMILES string of the molecule is COc1ccc(N/N=C/c2c(O)n(-c3ccc(C)c(C)c3)c(=O)[nH]c2=O)cc1. The van der Waals surface area contributed by atoms with E-state index in [1.165, 1.54) is 0 Å². The molecule has 0 radical (unpaired) electrons. The molecule has 1 heterocycles. The summed E-state index contributed by atoms with van der Waals surface area (Å²) in [4.78, 5) is 26.6. The Kier molecular flexibility index (Phi) is 5.30. The third-order valence-electron chi connectivity index (χ3n) is 4.35. The Balaban J connectivity index is 1.95. The van der Waals surface area contributed by atoms with Crippen LogP contribution in [0.3, 0.4) is 0 Å². The Morgan fingerprint density at radius 1 is 1.11 bits per heavy atom. The summed E-state index contributed by atoms with van der Waals surface area (Å²) in [6, 6.07) is 12.3. The second-order valence-electron chi connectivity index (χ2n) is 6.20. The number of aromatic amines is 1. The Hall–Kier alpha value is -3.81. The highest BCUT2D eigenvalue weighted by molar-refractivity contribution is 5.82. The summed E-state index contributed by atoms with van der Waals surface area (Å²) >= 11 is 0. The average Bonchev–Trinajstić information content (AvgIpc) is 2.67. The van der Waals surface area contributed by atoms with Crippen molar-refractivity contribution < 1.29 is 9.84 Å². The summed E-state index contributed by atoms with van der Waals surface area (Å²) in [5.41, 5.74) is 4.25. The fourth-order valence-corrected chi connectivity index (χ4v) is 2.60. The van der Waals surface area contributed by atoms with Gasteiger partial charge in [0, 0.05) is 0 Å². The van der Waals surface area contributed by atoms with Crippen LogP contribution in [0.5, 0.6) is 11.6 Å². The van der Waals surface area contributed by atoms with E-state index >= 15 is 0 Å². The molecule has 28 heavy (non-hydrogen) atoms. The molecule has 0 aliphatic rings. The fourth-order valence-electron chi connectivity index (χ4n) is 2.60. The van der Waals surface area contributed by atoms with E-state index in [0.717, 1.165) is 21.9 Å². The van der Waals surface area contributed by atoms with E-state index in [0.29, 0.717) is 17.1 Å². The summed E-state index contributed by atoms with van der Waals surface area (Å²) in [5.74, 6) is 0.210. The predicted molar refractivity (Wildman–Crippen MR) is 108 cm³/mol. The van der Waals surface area contributed by atoms with E-state index < -0.39 is 17.1 Å².